The third kappa shape index (κ3) is 5.82. The molecule has 7 nitrogen and oxygen atoms in total. The van der Waals surface area contributed by atoms with Crippen LogP contribution < -0.4 is 10.6 Å². The third-order valence-corrected chi connectivity index (χ3v) is 3.96. The molecule has 0 aromatic rings. The molecule has 132 valence electrons. The summed E-state index contributed by atoms with van der Waals surface area (Å²) in [6.07, 6.45) is 2.04. The molecule has 1 fully saturated rings. The third-order valence-electron chi connectivity index (χ3n) is 3.96. The van der Waals surface area contributed by atoms with Crippen molar-refractivity contribution in [3.63, 3.8) is 0 Å². The fourth-order valence-electron chi connectivity index (χ4n) is 2.59. The Morgan fingerprint density at radius 1 is 1.17 bits per heavy atom. The van der Waals surface area contributed by atoms with Crippen molar-refractivity contribution >= 4 is 17.7 Å². The van der Waals surface area contributed by atoms with Crippen molar-refractivity contribution in [3.8, 4) is 0 Å². The van der Waals surface area contributed by atoms with Crippen molar-refractivity contribution in [3.05, 3.63) is 0 Å². The van der Waals surface area contributed by atoms with Gasteiger partial charge < -0.3 is 20.4 Å². The van der Waals surface area contributed by atoms with Gasteiger partial charge in [-0.1, -0.05) is 20.8 Å². The van der Waals surface area contributed by atoms with E-state index >= 15 is 0 Å². The minimum atomic E-state index is -0.667. The molecule has 1 atom stereocenters. The van der Waals surface area contributed by atoms with Crippen molar-refractivity contribution in [1.82, 2.24) is 20.4 Å². The highest BCUT2D eigenvalue weighted by molar-refractivity contribution is 5.91. The van der Waals surface area contributed by atoms with E-state index in [1.54, 1.807) is 19.0 Å². The molecule has 0 radical (unpaired) electrons. The second-order valence-corrected chi connectivity index (χ2v) is 7.18. The van der Waals surface area contributed by atoms with Crippen LogP contribution in [-0.2, 0) is 14.4 Å². The molecule has 2 N–H and O–H groups in total. The van der Waals surface area contributed by atoms with Crippen LogP contribution in [0.1, 0.15) is 33.6 Å². The topological polar surface area (TPSA) is 81.8 Å². The second-order valence-electron chi connectivity index (χ2n) is 7.18. The Labute approximate surface area is 138 Å². The van der Waals surface area contributed by atoms with Crippen LogP contribution in [0.3, 0.4) is 0 Å². The lowest BCUT2D eigenvalue weighted by Crippen LogP contribution is -2.56. The first-order valence-corrected chi connectivity index (χ1v) is 8.13. The maximum Gasteiger partial charge on any atom is 0.245 e. The highest BCUT2D eigenvalue weighted by Crippen LogP contribution is 2.21. The van der Waals surface area contributed by atoms with Crippen LogP contribution >= 0.6 is 0 Å². The van der Waals surface area contributed by atoms with Gasteiger partial charge in [-0.05, 0) is 25.3 Å². The van der Waals surface area contributed by atoms with E-state index in [4.69, 9.17) is 0 Å². The minimum absolute atomic E-state index is 0.0347. The van der Waals surface area contributed by atoms with Crippen molar-refractivity contribution < 1.29 is 14.4 Å². The molecule has 3 amide bonds. The van der Waals surface area contributed by atoms with Gasteiger partial charge in [0.2, 0.25) is 17.7 Å². The predicted octanol–water partition coefficient (Wildman–Crippen LogP) is -0.182. The van der Waals surface area contributed by atoms with Gasteiger partial charge in [0.25, 0.3) is 0 Å². The quantitative estimate of drug-likeness (QED) is 0.709. The van der Waals surface area contributed by atoms with Crippen molar-refractivity contribution in [2.24, 2.45) is 5.41 Å². The van der Waals surface area contributed by atoms with E-state index in [1.165, 1.54) is 4.90 Å². The fraction of sp³-hybridized carbons (Fsp3) is 0.812. The minimum Gasteiger partial charge on any atom is -0.343 e. The van der Waals surface area contributed by atoms with Gasteiger partial charge in [-0.25, -0.2) is 0 Å². The second kappa shape index (κ2) is 8.29. The zero-order chi connectivity index (χ0) is 17.6. The lowest BCUT2D eigenvalue weighted by molar-refractivity contribution is -0.143. The average Bonchev–Trinajstić information content (AvgIpc) is 2.97. The van der Waals surface area contributed by atoms with E-state index < -0.39 is 11.5 Å². The van der Waals surface area contributed by atoms with Crippen LogP contribution in [0.25, 0.3) is 0 Å². The van der Waals surface area contributed by atoms with Gasteiger partial charge in [-0.3, -0.25) is 14.4 Å². The molecular formula is C16H30N4O3. The van der Waals surface area contributed by atoms with E-state index in [0.717, 1.165) is 25.9 Å². The molecule has 7 heteroatoms. The molecule has 1 heterocycles. The molecule has 1 aliphatic heterocycles. The fourth-order valence-corrected chi connectivity index (χ4v) is 2.59. The van der Waals surface area contributed by atoms with E-state index in [1.807, 2.05) is 20.8 Å². The number of likely N-dealkylation sites (N-methyl/N-ethyl adjacent to an activating group) is 2. The lowest BCUT2D eigenvalue weighted by Gasteiger charge is -2.33. The first-order chi connectivity index (χ1) is 10.7. The van der Waals surface area contributed by atoms with Gasteiger partial charge in [-0.15, -0.1) is 0 Å². The molecular weight excluding hydrogens is 296 g/mol. The Kier molecular flexibility index (Phi) is 7.00. The molecule has 0 saturated carbocycles. The van der Waals surface area contributed by atoms with Crippen molar-refractivity contribution in [2.45, 2.75) is 39.7 Å². The Bertz CT molecular complexity index is 439. The van der Waals surface area contributed by atoms with E-state index in [-0.39, 0.29) is 30.8 Å². The smallest absolute Gasteiger partial charge is 0.245 e. The summed E-state index contributed by atoms with van der Waals surface area (Å²) < 4.78 is 0. The van der Waals surface area contributed by atoms with Crippen LogP contribution in [-0.4, -0.2) is 73.8 Å². The molecule has 1 aliphatic rings. The number of carbonyl (C=O) groups excluding carboxylic acids is 3. The zero-order valence-corrected chi connectivity index (χ0v) is 14.9. The van der Waals surface area contributed by atoms with Gasteiger partial charge in [0, 0.05) is 20.1 Å². The van der Waals surface area contributed by atoms with E-state index in [0.29, 0.717) is 0 Å². The van der Waals surface area contributed by atoms with E-state index in [9.17, 15) is 14.4 Å². The van der Waals surface area contributed by atoms with Crippen molar-refractivity contribution in [2.75, 3.05) is 40.3 Å². The maximum absolute atomic E-state index is 12.7. The molecule has 0 aromatic carbocycles. The molecule has 1 saturated heterocycles. The Balaban J connectivity index is 2.70. The number of carbonyl (C=O) groups is 3. The molecule has 1 rings (SSSR count). The normalized spacial score (nSPS) is 16.1. The summed E-state index contributed by atoms with van der Waals surface area (Å²) >= 11 is 0. The average molecular weight is 326 g/mol. The number of nitrogens with zero attached hydrogens (tertiary/aromatic N) is 2. The van der Waals surface area contributed by atoms with Crippen LogP contribution in [0.15, 0.2) is 0 Å². The molecule has 0 bridgehead atoms. The Hall–Kier alpha value is -1.63. The monoisotopic (exact) mass is 326 g/mol. The molecule has 0 aliphatic carbocycles. The highest BCUT2D eigenvalue weighted by Gasteiger charge is 2.35. The summed E-state index contributed by atoms with van der Waals surface area (Å²) in [6.45, 7) is 7.41. The molecule has 1 unspecified atom stereocenters. The number of hydrogen-bond acceptors (Lipinski definition) is 4. The zero-order valence-electron chi connectivity index (χ0n) is 14.9. The summed E-state index contributed by atoms with van der Waals surface area (Å²) in [5.74, 6) is -0.512. The van der Waals surface area contributed by atoms with E-state index in [2.05, 4.69) is 10.6 Å². The van der Waals surface area contributed by atoms with Crippen molar-refractivity contribution in [1.29, 1.82) is 0 Å². The molecule has 0 aromatic heterocycles. The van der Waals surface area contributed by atoms with Crippen LogP contribution in [0.4, 0.5) is 0 Å². The number of nitrogens with one attached hydrogen (secondary N) is 2. The molecule has 23 heavy (non-hydrogen) atoms. The standard InChI is InChI=1S/C16H30N4O3/c1-16(2,3)14(18-12(21)10-17-4)15(23)19(5)11-13(22)20-8-6-7-9-20/h14,17H,6-11H2,1-5H3,(H,18,21). The highest BCUT2D eigenvalue weighted by atomic mass is 16.2. The van der Waals surface area contributed by atoms with Gasteiger partial charge in [0.1, 0.15) is 6.04 Å². The van der Waals surface area contributed by atoms with Gasteiger partial charge in [-0.2, -0.15) is 0 Å². The summed E-state index contributed by atoms with van der Waals surface area (Å²) in [6, 6.07) is -0.667. The summed E-state index contributed by atoms with van der Waals surface area (Å²) in [5.41, 5.74) is -0.439. The molecule has 0 spiro atoms. The summed E-state index contributed by atoms with van der Waals surface area (Å²) in [4.78, 5) is 39.9. The Morgan fingerprint density at radius 2 is 1.74 bits per heavy atom. The van der Waals surface area contributed by atoms with Gasteiger partial charge in [0.15, 0.2) is 0 Å². The van der Waals surface area contributed by atoms with Gasteiger partial charge in [0.05, 0.1) is 13.1 Å². The van der Waals surface area contributed by atoms with Crippen LogP contribution in [0.2, 0.25) is 0 Å². The SMILES string of the molecule is CNCC(=O)NC(C(=O)N(C)CC(=O)N1CCCC1)C(C)(C)C. The number of likely N-dealkylation sites (tertiary alicyclic amines) is 1. The lowest BCUT2D eigenvalue weighted by atomic mass is 9.85. The Morgan fingerprint density at radius 3 is 2.22 bits per heavy atom. The first kappa shape index (κ1) is 19.4. The number of hydrogen-bond donors (Lipinski definition) is 2. The predicted molar refractivity (Wildman–Crippen MR) is 88.8 cm³/mol. The maximum atomic E-state index is 12.7. The van der Waals surface area contributed by atoms with Gasteiger partial charge >= 0.3 is 0 Å². The summed E-state index contributed by atoms with van der Waals surface area (Å²) in [7, 11) is 3.29. The van der Waals surface area contributed by atoms with Crippen LogP contribution in [0, 0.1) is 5.41 Å². The number of amides is 3. The largest absolute Gasteiger partial charge is 0.343 e. The first-order valence-electron chi connectivity index (χ1n) is 8.13. The van der Waals surface area contributed by atoms with Crippen LogP contribution in [0.5, 0.6) is 0 Å². The number of rotatable bonds is 6. The summed E-state index contributed by atoms with van der Waals surface area (Å²) in [5, 5.41) is 5.53.